The average Bonchev–Trinajstić information content (AvgIpc) is 2.39. The molecule has 2 rings (SSSR count). The third-order valence-corrected chi connectivity index (χ3v) is 4.48. The number of aryl methyl sites for hydroxylation is 2. The molecule has 0 aliphatic carbocycles. The van der Waals surface area contributed by atoms with E-state index in [0.717, 1.165) is 5.92 Å². The van der Waals surface area contributed by atoms with E-state index < -0.39 is 0 Å². The van der Waals surface area contributed by atoms with Crippen LogP contribution in [-0.4, -0.2) is 31.6 Å². The second-order valence-corrected chi connectivity index (χ2v) is 6.19. The topological polar surface area (TPSA) is 15.3 Å². The van der Waals surface area contributed by atoms with Crippen molar-refractivity contribution in [3.8, 4) is 0 Å². The summed E-state index contributed by atoms with van der Waals surface area (Å²) in [6.07, 6.45) is 2.70. The molecule has 19 heavy (non-hydrogen) atoms. The first-order valence-electron chi connectivity index (χ1n) is 7.56. The van der Waals surface area contributed by atoms with Gasteiger partial charge >= 0.3 is 0 Å². The number of nitrogens with zero attached hydrogens (tertiary/aromatic N) is 1. The van der Waals surface area contributed by atoms with E-state index in [4.69, 9.17) is 0 Å². The van der Waals surface area contributed by atoms with Crippen LogP contribution in [0.25, 0.3) is 0 Å². The van der Waals surface area contributed by atoms with Crippen molar-refractivity contribution in [2.24, 2.45) is 5.92 Å². The molecule has 0 amide bonds. The van der Waals surface area contributed by atoms with E-state index in [-0.39, 0.29) is 0 Å². The van der Waals surface area contributed by atoms with Gasteiger partial charge in [-0.3, -0.25) is 4.90 Å². The predicted molar refractivity (Wildman–Crippen MR) is 82.6 cm³/mol. The van der Waals surface area contributed by atoms with E-state index >= 15 is 0 Å². The van der Waals surface area contributed by atoms with Gasteiger partial charge in [-0.25, -0.2) is 0 Å². The van der Waals surface area contributed by atoms with E-state index in [1.165, 1.54) is 49.2 Å². The molecule has 2 atom stereocenters. The lowest BCUT2D eigenvalue weighted by molar-refractivity contribution is 0.199. The largest absolute Gasteiger partial charge is 0.316 e. The Kier molecular flexibility index (Phi) is 5.00. The van der Waals surface area contributed by atoms with Gasteiger partial charge in [0.25, 0.3) is 0 Å². The van der Waals surface area contributed by atoms with E-state index in [1.54, 1.807) is 0 Å². The van der Waals surface area contributed by atoms with Crippen molar-refractivity contribution in [1.29, 1.82) is 0 Å². The van der Waals surface area contributed by atoms with Crippen molar-refractivity contribution in [3.05, 3.63) is 34.9 Å². The Bertz CT molecular complexity index is 408. The second-order valence-electron chi connectivity index (χ2n) is 6.19. The van der Waals surface area contributed by atoms with Crippen molar-refractivity contribution < 1.29 is 0 Å². The lowest BCUT2D eigenvalue weighted by Gasteiger charge is -2.32. The maximum absolute atomic E-state index is 3.51. The summed E-state index contributed by atoms with van der Waals surface area (Å²) in [6.45, 7) is 10.3. The monoisotopic (exact) mass is 260 g/mol. The smallest absolute Gasteiger partial charge is 0.0319 e. The van der Waals surface area contributed by atoms with Crippen LogP contribution in [-0.2, 0) is 0 Å². The van der Waals surface area contributed by atoms with Crippen LogP contribution >= 0.6 is 0 Å². The van der Waals surface area contributed by atoms with Crippen molar-refractivity contribution >= 4 is 0 Å². The van der Waals surface area contributed by atoms with E-state index in [0.29, 0.717) is 6.04 Å². The Morgan fingerprint density at radius 3 is 2.79 bits per heavy atom. The van der Waals surface area contributed by atoms with Crippen LogP contribution < -0.4 is 5.32 Å². The van der Waals surface area contributed by atoms with Crippen LogP contribution in [0, 0.1) is 19.8 Å². The molecule has 2 unspecified atom stereocenters. The molecule has 0 radical (unpaired) electrons. The van der Waals surface area contributed by atoms with Crippen LogP contribution in [0.4, 0.5) is 0 Å². The van der Waals surface area contributed by atoms with Gasteiger partial charge in [-0.05, 0) is 70.8 Å². The summed E-state index contributed by atoms with van der Waals surface area (Å²) in [5.74, 6) is 0.812. The maximum atomic E-state index is 3.51. The molecule has 1 aliphatic rings. The van der Waals surface area contributed by atoms with Crippen LogP contribution in [0.5, 0.6) is 0 Å². The number of hydrogen-bond donors (Lipinski definition) is 1. The third-order valence-electron chi connectivity index (χ3n) is 4.48. The highest BCUT2D eigenvalue weighted by Crippen LogP contribution is 2.24. The SMILES string of the molecule is Cc1ccc(C(C)N(C)CC2CCCNC2)c(C)c1. The highest BCUT2D eigenvalue weighted by molar-refractivity contribution is 5.32. The van der Waals surface area contributed by atoms with Gasteiger partial charge in [-0.1, -0.05) is 23.8 Å². The molecule has 0 spiro atoms. The molecule has 0 aromatic heterocycles. The maximum Gasteiger partial charge on any atom is 0.0319 e. The molecule has 2 heteroatoms. The minimum Gasteiger partial charge on any atom is -0.316 e. The molecule has 106 valence electrons. The van der Waals surface area contributed by atoms with Gasteiger partial charge in [-0.2, -0.15) is 0 Å². The lowest BCUT2D eigenvalue weighted by atomic mass is 9.96. The average molecular weight is 260 g/mol. The van der Waals surface area contributed by atoms with Gasteiger partial charge in [0.15, 0.2) is 0 Å². The standard InChI is InChI=1S/C17H28N2/c1-13-7-8-17(14(2)10-13)15(3)19(4)12-16-6-5-9-18-11-16/h7-8,10,15-16,18H,5-6,9,11-12H2,1-4H3. The van der Waals surface area contributed by atoms with Crippen LogP contribution in [0.15, 0.2) is 18.2 Å². The molecule has 2 nitrogen and oxygen atoms in total. The van der Waals surface area contributed by atoms with E-state index in [1.807, 2.05) is 0 Å². The molecule has 1 N–H and O–H groups in total. The number of hydrogen-bond acceptors (Lipinski definition) is 2. The molecular weight excluding hydrogens is 232 g/mol. The summed E-state index contributed by atoms with van der Waals surface area (Å²) in [5.41, 5.74) is 4.24. The Hall–Kier alpha value is -0.860. The quantitative estimate of drug-likeness (QED) is 0.893. The van der Waals surface area contributed by atoms with Crippen molar-refractivity contribution in [3.63, 3.8) is 0 Å². The summed E-state index contributed by atoms with van der Waals surface area (Å²) in [7, 11) is 2.26. The van der Waals surface area contributed by atoms with Crippen molar-refractivity contribution in [1.82, 2.24) is 10.2 Å². The molecule has 1 aromatic carbocycles. The number of benzene rings is 1. The number of nitrogens with one attached hydrogen (secondary N) is 1. The van der Waals surface area contributed by atoms with Crippen LogP contribution in [0.3, 0.4) is 0 Å². The second kappa shape index (κ2) is 6.53. The predicted octanol–water partition coefficient (Wildman–Crippen LogP) is 3.30. The fraction of sp³-hybridized carbons (Fsp3) is 0.647. The Balaban J connectivity index is 1.99. The number of rotatable bonds is 4. The molecule has 1 aliphatic heterocycles. The Morgan fingerprint density at radius 2 is 2.16 bits per heavy atom. The van der Waals surface area contributed by atoms with Crippen molar-refractivity contribution in [2.45, 2.75) is 39.7 Å². The lowest BCUT2D eigenvalue weighted by Crippen LogP contribution is -2.37. The molecular formula is C17H28N2. The fourth-order valence-electron chi connectivity index (χ4n) is 3.18. The van der Waals surface area contributed by atoms with E-state index in [9.17, 15) is 0 Å². The van der Waals surface area contributed by atoms with Crippen molar-refractivity contribution in [2.75, 3.05) is 26.7 Å². The normalized spacial score (nSPS) is 21.6. The zero-order chi connectivity index (χ0) is 13.8. The summed E-state index contributed by atoms with van der Waals surface area (Å²) < 4.78 is 0. The zero-order valence-electron chi connectivity index (χ0n) is 12.9. The Labute approximate surface area is 118 Å². The molecule has 0 bridgehead atoms. The van der Waals surface area contributed by atoms with Gasteiger partial charge in [0, 0.05) is 12.6 Å². The summed E-state index contributed by atoms with van der Waals surface area (Å²) in [4.78, 5) is 2.51. The summed E-state index contributed by atoms with van der Waals surface area (Å²) in [6, 6.07) is 7.32. The fourth-order valence-corrected chi connectivity index (χ4v) is 3.18. The summed E-state index contributed by atoms with van der Waals surface area (Å²) in [5, 5.41) is 3.51. The first-order chi connectivity index (χ1) is 9.08. The van der Waals surface area contributed by atoms with Gasteiger partial charge in [0.05, 0.1) is 0 Å². The van der Waals surface area contributed by atoms with Gasteiger partial charge < -0.3 is 5.32 Å². The first-order valence-corrected chi connectivity index (χ1v) is 7.56. The zero-order valence-corrected chi connectivity index (χ0v) is 12.9. The Morgan fingerprint density at radius 1 is 1.37 bits per heavy atom. The van der Waals surface area contributed by atoms with Gasteiger partial charge in [0.2, 0.25) is 0 Å². The molecule has 0 saturated carbocycles. The molecule has 1 heterocycles. The number of piperidine rings is 1. The first kappa shape index (κ1) is 14.5. The van der Waals surface area contributed by atoms with Gasteiger partial charge in [0.1, 0.15) is 0 Å². The molecule has 1 saturated heterocycles. The third kappa shape index (κ3) is 3.80. The van der Waals surface area contributed by atoms with E-state index in [2.05, 4.69) is 56.2 Å². The highest BCUT2D eigenvalue weighted by atomic mass is 15.1. The van der Waals surface area contributed by atoms with Crippen LogP contribution in [0.2, 0.25) is 0 Å². The minimum absolute atomic E-state index is 0.502. The molecule has 1 fully saturated rings. The molecule has 1 aromatic rings. The minimum atomic E-state index is 0.502. The van der Waals surface area contributed by atoms with Crippen LogP contribution in [0.1, 0.15) is 42.5 Å². The summed E-state index contributed by atoms with van der Waals surface area (Å²) >= 11 is 0. The van der Waals surface area contributed by atoms with Gasteiger partial charge in [-0.15, -0.1) is 0 Å². The highest BCUT2D eigenvalue weighted by Gasteiger charge is 2.19.